The second-order valence-electron chi connectivity index (χ2n) is 3.49. The Morgan fingerprint density at radius 1 is 1.54 bits per heavy atom. The summed E-state index contributed by atoms with van der Waals surface area (Å²) in [6, 6.07) is 0.552. The van der Waals surface area contributed by atoms with E-state index in [1.807, 2.05) is 0 Å². The van der Waals surface area contributed by atoms with Gasteiger partial charge in [0.15, 0.2) is 0 Å². The zero-order valence-electron chi connectivity index (χ0n) is 8.47. The Morgan fingerprint density at radius 3 is 2.62 bits per heavy atom. The predicted octanol–water partition coefficient (Wildman–Crippen LogP) is 2.67. The fraction of sp³-hybridized carbons (Fsp3) is 0.667. The fourth-order valence-electron chi connectivity index (χ4n) is 0.849. The van der Waals surface area contributed by atoms with Crippen LogP contribution in [0.15, 0.2) is 12.2 Å². The molecule has 0 atom stereocenters. The Hall–Kier alpha value is -0.643. The van der Waals surface area contributed by atoms with E-state index in [9.17, 15) is 8.90 Å². The van der Waals surface area contributed by atoms with Crippen LogP contribution < -0.4 is 0 Å². The molecule has 0 aliphatic rings. The molecule has 0 saturated heterocycles. The molecule has 0 aromatic heterocycles. The van der Waals surface area contributed by atoms with Gasteiger partial charge in [-0.15, -0.1) is 0 Å². The zero-order chi connectivity index (χ0) is 10.3. The lowest BCUT2D eigenvalue weighted by Gasteiger charge is -2.09. The zero-order valence-corrected chi connectivity index (χ0v) is 9.47. The highest BCUT2D eigenvalue weighted by molar-refractivity contribution is 6.70. The molecule has 0 fully saturated rings. The lowest BCUT2D eigenvalue weighted by molar-refractivity contribution is -0.137. The van der Waals surface area contributed by atoms with Gasteiger partial charge in [0.2, 0.25) is 8.41 Å². The maximum absolute atomic E-state index is 13.0. The summed E-state index contributed by atoms with van der Waals surface area (Å²) >= 11 is 0. The number of carbonyl (C=O) groups excluding carboxylic acids is 1. The molecule has 0 N–H and O–H groups in total. The van der Waals surface area contributed by atoms with Crippen LogP contribution in [0, 0.1) is 0 Å². The predicted molar refractivity (Wildman–Crippen MR) is 53.8 cm³/mol. The minimum atomic E-state index is -2.46. The Balaban J connectivity index is 3.41. The summed E-state index contributed by atoms with van der Waals surface area (Å²) in [4.78, 5) is 10.8. The molecular formula is C9H17FO2Si. The molecule has 0 bridgehead atoms. The third-order valence-electron chi connectivity index (χ3n) is 1.46. The summed E-state index contributed by atoms with van der Waals surface area (Å²) in [6.45, 7) is 5.38. The monoisotopic (exact) mass is 204 g/mol. The third-order valence-corrected chi connectivity index (χ3v) is 3.01. The second kappa shape index (κ2) is 5.91. The van der Waals surface area contributed by atoms with Crippen molar-refractivity contribution in [2.75, 3.05) is 6.61 Å². The van der Waals surface area contributed by atoms with Crippen LogP contribution in [0.5, 0.6) is 0 Å². The first kappa shape index (κ1) is 12.4. The molecule has 0 aliphatic carbocycles. The van der Waals surface area contributed by atoms with Crippen LogP contribution in [-0.2, 0) is 9.53 Å². The van der Waals surface area contributed by atoms with Crippen LogP contribution in [-0.4, -0.2) is 21.0 Å². The molecule has 0 saturated carbocycles. The van der Waals surface area contributed by atoms with Gasteiger partial charge in [-0.25, -0.2) is 4.79 Å². The number of carbonyl (C=O) groups is 1. The van der Waals surface area contributed by atoms with E-state index in [0.29, 0.717) is 19.1 Å². The molecule has 0 aliphatic heterocycles. The van der Waals surface area contributed by atoms with E-state index in [4.69, 9.17) is 4.74 Å². The van der Waals surface area contributed by atoms with Crippen LogP contribution in [0.25, 0.3) is 0 Å². The Kier molecular flexibility index (Phi) is 5.62. The molecular weight excluding hydrogens is 187 g/mol. The summed E-state index contributed by atoms with van der Waals surface area (Å²) in [5, 5.41) is 0. The van der Waals surface area contributed by atoms with Crippen LogP contribution in [0.4, 0.5) is 4.11 Å². The van der Waals surface area contributed by atoms with Crippen molar-refractivity contribution in [1.29, 1.82) is 0 Å². The summed E-state index contributed by atoms with van der Waals surface area (Å²) < 4.78 is 17.9. The summed E-state index contributed by atoms with van der Waals surface area (Å²) in [5.41, 5.74) is 0. The van der Waals surface area contributed by atoms with Crippen molar-refractivity contribution < 1.29 is 13.6 Å². The van der Waals surface area contributed by atoms with Gasteiger partial charge in [0.1, 0.15) is 0 Å². The van der Waals surface area contributed by atoms with E-state index in [1.54, 1.807) is 26.1 Å². The minimum Gasteiger partial charge on any atom is -0.463 e. The number of esters is 1. The number of rotatable bonds is 5. The number of ether oxygens (including phenoxy) is 1. The molecule has 13 heavy (non-hydrogen) atoms. The summed E-state index contributed by atoms with van der Waals surface area (Å²) in [5.74, 6) is -0.346. The molecule has 0 radical (unpaired) electrons. The van der Waals surface area contributed by atoms with Crippen molar-refractivity contribution in [3.8, 4) is 0 Å². The Bertz CT molecular complexity index is 185. The Morgan fingerprint density at radius 2 is 2.15 bits per heavy atom. The van der Waals surface area contributed by atoms with Gasteiger partial charge < -0.3 is 8.84 Å². The van der Waals surface area contributed by atoms with E-state index >= 15 is 0 Å². The maximum Gasteiger partial charge on any atom is 0.330 e. The first-order valence-corrected chi connectivity index (χ1v) is 7.52. The average Bonchev–Trinajstić information content (AvgIpc) is 1.97. The Labute approximate surface area is 80.0 Å². The van der Waals surface area contributed by atoms with Crippen molar-refractivity contribution in [3.63, 3.8) is 0 Å². The molecule has 2 nitrogen and oxygen atoms in total. The van der Waals surface area contributed by atoms with E-state index < -0.39 is 8.41 Å². The molecule has 0 spiro atoms. The molecule has 0 unspecified atom stereocenters. The topological polar surface area (TPSA) is 26.3 Å². The van der Waals surface area contributed by atoms with E-state index in [1.165, 1.54) is 6.08 Å². The number of halogens is 1. The van der Waals surface area contributed by atoms with Crippen molar-refractivity contribution in [3.05, 3.63) is 12.2 Å². The molecule has 0 amide bonds. The van der Waals surface area contributed by atoms with Crippen LogP contribution in [0.3, 0.4) is 0 Å². The van der Waals surface area contributed by atoms with Gasteiger partial charge in [0, 0.05) is 6.08 Å². The standard InChI is InChI=1S/C9H17FO2Si/c1-4-6-9(11)12-7-5-8-13(2,3)10/h4,6H,5,7-8H2,1-3H3. The largest absolute Gasteiger partial charge is 0.463 e. The lowest BCUT2D eigenvalue weighted by atomic mass is 10.5. The van der Waals surface area contributed by atoms with Crippen LogP contribution >= 0.6 is 0 Å². The molecule has 0 aromatic rings. The highest BCUT2D eigenvalue weighted by atomic mass is 28.4. The highest BCUT2D eigenvalue weighted by Crippen LogP contribution is 2.12. The fourth-order valence-corrected chi connectivity index (χ4v) is 1.83. The number of hydrogen-bond donors (Lipinski definition) is 0. The normalized spacial score (nSPS) is 12.0. The molecule has 0 heterocycles. The highest BCUT2D eigenvalue weighted by Gasteiger charge is 2.19. The minimum absolute atomic E-state index is 0.323. The van der Waals surface area contributed by atoms with Gasteiger partial charge in [-0.1, -0.05) is 6.08 Å². The van der Waals surface area contributed by atoms with Crippen molar-refractivity contribution in [2.45, 2.75) is 32.5 Å². The molecule has 76 valence electrons. The first-order chi connectivity index (χ1) is 5.95. The van der Waals surface area contributed by atoms with E-state index in [2.05, 4.69) is 0 Å². The van der Waals surface area contributed by atoms with Crippen molar-refractivity contribution >= 4 is 14.4 Å². The first-order valence-electron chi connectivity index (χ1n) is 4.44. The molecule has 0 aromatic carbocycles. The van der Waals surface area contributed by atoms with Gasteiger partial charge in [-0.3, -0.25) is 0 Å². The van der Waals surface area contributed by atoms with Gasteiger partial charge in [0.05, 0.1) is 6.61 Å². The SMILES string of the molecule is CC=CC(=O)OCCC[Si](C)(C)F. The number of hydrogen-bond acceptors (Lipinski definition) is 2. The van der Waals surface area contributed by atoms with E-state index in [0.717, 1.165) is 0 Å². The maximum atomic E-state index is 13.0. The lowest BCUT2D eigenvalue weighted by Crippen LogP contribution is -2.18. The molecule has 4 heteroatoms. The summed E-state index contributed by atoms with van der Waals surface area (Å²) in [7, 11) is -2.46. The van der Waals surface area contributed by atoms with Gasteiger partial charge in [-0.2, -0.15) is 0 Å². The second-order valence-corrected chi connectivity index (χ2v) is 7.43. The van der Waals surface area contributed by atoms with Crippen molar-refractivity contribution in [1.82, 2.24) is 0 Å². The van der Waals surface area contributed by atoms with Crippen LogP contribution in [0.2, 0.25) is 19.1 Å². The summed E-state index contributed by atoms with van der Waals surface area (Å²) in [6.07, 6.45) is 3.60. The quantitative estimate of drug-likeness (QED) is 0.226. The van der Waals surface area contributed by atoms with Gasteiger partial charge in [-0.05, 0) is 32.5 Å². The smallest absolute Gasteiger partial charge is 0.330 e. The van der Waals surface area contributed by atoms with Crippen LogP contribution in [0.1, 0.15) is 13.3 Å². The van der Waals surface area contributed by atoms with E-state index in [-0.39, 0.29) is 5.97 Å². The van der Waals surface area contributed by atoms with Gasteiger partial charge >= 0.3 is 5.97 Å². The average molecular weight is 204 g/mol. The van der Waals surface area contributed by atoms with Gasteiger partial charge in [0.25, 0.3) is 0 Å². The third kappa shape index (κ3) is 9.27. The number of allylic oxidation sites excluding steroid dienone is 1. The van der Waals surface area contributed by atoms with Crippen molar-refractivity contribution in [2.24, 2.45) is 0 Å². The molecule has 0 rings (SSSR count).